The molecular formula is C18H12ClN5. The van der Waals surface area contributed by atoms with Gasteiger partial charge in [0.2, 0.25) is 0 Å². The molecule has 1 aliphatic heterocycles. The first kappa shape index (κ1) is 15.9. The first-order chi connectivity index (χ1) is 11.5. The number of hydrogen-bond acceptors (Lipinski definition) is 5. The van der Waals surface area contributed by atoms with Crippen molar-refractivity contribution >= 4 is 17.3 Å². The molecule has 0 amide bonds. The molecule has 3 rings (SSSR count). The topological polar surface area (TPSA) is 85.7 Å². The highest BCUT2D eigenvalue weighted by molar-refractivity contribution is 6.30. The molecule has 0 fully saturated rings. The maximum absolute atomic E-state index is 9.07. The van der Waals surface area contributed by atoms with E-state index in [-0.39, 0.29) is 11.4 Å². The van der Waals surface area contributed by atoms with Crippen molar-refractivity contribution in [2.75, 3.05) is 6.54 Å². The van der Waals surface area contributed by atoms with Crippen LogP contribution < -0.4 is 0 Å². The molecule has 0 saturated heterocycles. The number of nitriles is 2. The number of aliphatic imine (C=N–C) groups is 1. The summed E-state index contributed by atoms with van der Waals surface area (Å²) >= 11 is 5.91. The number of aromatic nitrogens is 2. The molecule has 5 nitrogen and oxygen atoms in total. The zero-order chi connectivity index (χ0) is 17.2. The largest absolute Gasteiger partial charge is 0.283 e. The average Bonchev–Trinajstić information content (AvgIpc) is 2.62. The molecule has 24 heavy (non-hydrogen) atoms. The van der Waals surface area contributed by atoms with Gasteiger partial charge in [-0.05, 0) is 30.7 Å². The van der Waals surface area contributed by atoms with E-state index < -0.39 is 5.41 Å². The number of benzene rings is 1. The Labute approximate surface area is 144 Å². The molecule has 1 atom stereocenters. The van der Waals surface area contributed by atoms with Crippen LogP contribution in [0.4, 0.5) is 0 Å². The van der Waals surface area contributed by atoms with Crippen molar-refractivity contribution in [1.29, 1.82) is 10.5 Å². The van der Waals surface area contributed by atoms with Gasteiger partial charge in [-0.2, -0.15) is 10.5 Å². The normalized spacial score (nSPS) is 19.2. The Bertz CT molecular complexity index is 899. The summed E-state index contributed by atoms with van der Waals surface area (Å²) in [6, 6.07) is 12.8. The van der Waals surface area contributed by atoms with Crippen molar-refractivity contribution < 1.29 is 0 Å². The minimum absolute atomic E-state index is 0.179. The minimum Gasteiger partial charge on any atom is -0.283 e. The van der Waals surface area contributed by atoms with Gasteiger partial charge in [0, 0.05) is 11.1 Å². The van der Waals surface area contributed by atoms with E-state index in [1.54, 1.807) is 0 Å². The lowest BCUT2D eigenvalue weighted by molar-refractivity contribution is 0.559. The van der Waals surface area contributed by atoms with Crippen LogP contribution in [0.15, 0.2) is 47.5 Å². The van der Waals surface area contributed by atoms with Crippen LogP contribution in [0.1, 0.15) is 29.7 Å². The summed E-state index contributed by atoms with van der Waals surface area (Å²) in [4.78, 5) is 13.1. The van der Waals surface area contributed by atoms with Gasteiger partial charge in [0.05, 0.1) is 17.7 Å². The van der Waals surface area contributed by atoms with E-state index in [1.807, 2.05) is 55.5 Å². The third kappa shape index (κ3) is 3.03. The second kappa shape index (κ2) is 6.23. The summed E-state index contributed by atoms with van der Waals surface area (Å²) in [5, 5.41) is 18.8. The molecule has 0 radical (unpaired) electrons. The van der Waals surface area contributed by atoms with Crippen LogP contribution in [0.5, 0.6) is 0 Å². The summed E-state index contributed by atoms with van der Waals surface area (Å²) in [6.07, 6.45) is 3.86. The Kier molecular flexibility index (Phi) is 4.12. The van der Waals surface area contributed by atoms with E-state index >= 15 is 0 Å². The van der Waals surface area contributed by atoms with Gasteiger partial charge >= 0.3 is 0 Å². The summed E-state index contributed by atoms with van der Waals surface area (Å²) in [5.41, 5.74) is 1.62. The molecule has 0 N–H and O–H groups in total. The third-order valence-electron chi connectivity index (χ3n) is 3.79. The van der Waals surface area contributed by atoms with Crippen molar-refractivity contribution in [2.24, 2.45) is 4.99 Å². The number of rotatable bonds is 2. The van der Waals surface area contributed by atoms with Gasteiger partial charge in [0.25, 0.3) is 0 Å². The molecule has 0 saturated carbocycles. The second-order valence-electron chi connectivity index (χ2n) is 5.64. The molecule has 1 aromatic carbocycles. The van der Waals surface area contributed by atoms with Gasteiger partial charge in [-0.15, -0.1) is 0 Å². The van der Waals surface area contributed by atoms with Crippen molar-refractivity contribution in [1.82, 2.24) is 9.97 Å². The molecule has 1 aromatic heterocycles. The van der Waals surface area contributed by atoms with E-state index in [1.165, 1.54) is 6.07 Å². The lowest BCUT2D eigenvalue weighted by Crippen LogP contribution is -2.30. The number of nitrogens with zero attached hydrogens (tertiary/aromatic N) is 5. The number of halogens is 1. The van der Waals surface area contributed by atoms with Gasteiger partial charge in [-0.1, -0.05) is 29.8 Å². The van der Waals surface area contributed by atoms with Gasteiger partial charge in [0.1, 0.15) is 29.4 Å². The molecule has 0 spiro atoms. The zero-order valence-electron chi connectivity index (χ0n) is 12.9. The van der Waals surface area contributed by atoms with Crippen LogP contribution in [0.25, 0.3) is 0 Å². The molecule has 2 heterocycles. The number of dihydropyridines is 1. The molecule has 1 aliphatic rings. The predicted octanol–water partition coefficient (Wildman–Crippen LogP) is 3.19. The lowest BCUT2D eigenvalue weighted by atomic mass is 9.86. The predicted molar refractivity (Wildman–Crippen MR) is 90.8 cm³/mol. The van der Waals surface area contributed by atoms with E-state index in [0.29, 0.717) is 17.4 Å². The Morgan fingerprint density at radius 1 is 1.08 bits per heavy atom. The number of allylic oxidation sites excluding steroid dienone is 1. The SMILES string of the molecule is CC1(c2nc(C#N)cc(C#N)n2)C=CC(c2ccc(Cl)cc2)=NC1. The fourth-order valence-corrected chi connectivity index (χ4v) is 2.51. The molecule has 6 heteroatoms. The quantitative estimate of drug-likeness (QED) is 0.844. The Morgan fingerprint density at radius 3 is 2.21 bits per heavy atom. The molecule has 0 bridgehead atoms. The van der Waals surface area contributed by atoms with Crippen molar-refractivity contribution in [3.63, 3.8) is 0 Å². The van der Waals surface area contributed by atoms with Crippen molar-refractivity contribution in [3.8, 4) is 12.1 Å². The highest BCUT2D eigenvalue weighted by atomic mass is 35.5. The monoisotopic (exact) mass is 333 g/mol. The molecule has 116 valence electrons. The van der Waals surface area contributed by atoms with E-state index in [2.05, 4.69) is 15.0 Å². The summed E-state index contributed by atoms with van der Waals surface area (Å²) in [5.74, 6) is 0.424. The minimum atomic E-state index is -0.561. The van der Waals surface area contributed by atoms with Crippen LogP contribution in [0, 0.1) is 22.7 Å². The van der Waals surface area contributed by atoms with E-state index in [0.717, 1.165) is 11.3 Å². The fraction of sp³-hybridized carbons (Fsp3) is 0.167. The lowest BCUT2D eigenvalue weighted by Gasteiger charge is -2.26. The second-order valence-corrected chi connectivity index (χ2v) is 6.08. The smallest absolute Gasteiger partial charge is 0.145 e. The van der Waals surface area contributed by atoms with Crippen LogP contribution in [-0.2, 0) is 5.41 Å². The van der Waals surface area contributed by atoms with Crippen LogP contribution >= 0.6 is 11.6 Å². The van der Waals surface area contributed by atoms with Gasteiger partial charge in [-0.3, -0.25) is 4.99 Å². The summed E-state index contributed by atoms with van der Waals surface area (Å²) < 4.78 is 0. The van der Waals surface area contributed by atoms with Gasteiger partial charge in [-0.25, -0.2) is 9.97 Å². The van der Waals surface area contributed by atoms with Gasteiger partial charge in [0.15, 0.2) is 0 Å². The van der Waals surface area contributed by atoms with Crippen molar-refractivity contribution in [3.05, 3.63) is 70.3 Å². The molecule has 1 unspecified atom stereocenters. The number of hydrogen-bond donors (Lipinski definition) is 0. The maximum atomic E-state index is 9.07. The standard InChI is InChI=1S/C18H12ClN5/c1-18(17-23-14(9-20)8-15(10-21)24-17)7-6-16(22-11-18)12-2-4-13(19)5-3-12/h2-8H,11H2,1H3. The van der Waals surface area contributed by atoms with Crippen molar-refractivity contribution in [2.45, 2.75) is 12.3 Å². The zero-order valence-corrected chi connectivity index (χ0v) is 13.6. The summed E-state index contributed by atoms with van der Waals surface area (Å²) in [7, 11) is 0. The maximum Gasteiger partial charge on any atom is 0.145 e. The first-order valence-corrected chi connectivity index (χ1v) is 7.61. The Hall–Kier alpha value is -3.02. The average molecular weight is 334 g/mol. The highest BCUT2D eigenvalue weighted by Gasteiger charge is 2.30. The molecule has 2 aromatic rings. The summed E-state index contributed by atoms with van der Waals surface area (Å²) in [6.45, 7) is 2.37. The van der Waals surface area contributed by atoms with Crippen LogP contribution in [0.3, 0.4) is 0 Å². The van der Waals surface area contributed by atoms with E-state index in [4.69, 9.17) is 22.1 Å². The van der Waals surface area contributed by atoms with Crippen LogP contribution in [0.2, 0.25) is 5.02 Å². The third-order valence-corrected chi connectivity index (χ3v) is 4.04. The Morgan fingerprint density at radius 2 is 1.71 bits per heavy atom. The van der Waals surface area contributed by atoms with Gasteiger partial charge < -0.3 is 0 Å². The fourth-order valence-electron chi connectivity index (χ4n) is 2.39. The molecule has 0 aliphatic carbocycles. The van der Waals surface area contributed by atoms with E-state index in [9.17, 15) is 0 Å². The molecular weight excluding hydrogens is 322 g/mol. The Balaban J connectivity index is 1.93. The van der Waals surface area contributed by atoms with Crippen LogP contribution in [-0.4, -0.2) is 22.2 Å². The first-order valence-electron chi connectivity index (χ1n) is 7.23. The highest BCUT2D eigenvalue weighted by Crippen LogP contribution is 2.27.